The molecule has 0 fully saturated rings. The van der Waals surface area contributed by atoms with E-state index in [1.165, 1.54) is 0 Å². The summed E-state index contributed by atoms with van der Waals surface area (Å²) in [5.41, 5.74) is -1.57. The van der Waals surface area contributed by atoms with Gasteiger partial charge in [-0.2, -0.15) is 13.2 Å². The van der Waals surface area contributed by atoms with Crippen molar-refractivity contribution in [1.29, 1.82) is 0 Å². The topological polar surface area (TPSA) is 74.7 Å². The molecule has 118 valence electrons. The molecule has 21 heavy (non-hydrogen) atoms. The Balaban J connectivity index is 3.10. The van der Waals surface area contributed by atoms with Gasteiger partial charge >= 0.3 is 12.1 Å². The maximum absolute atomic E-state index is 13.4. The summed E-state index contributed by atoms with van der Waals surface area (Å²) >= 11 is 0. The second-order valence-electron chi connectivity index (χ2n) is 4.11. The second kappa shape index (κ2) is 5.98. The van der Waals surface area contributed by atoms with E-state index in [0.29, 0.717) is 16.4 Å². The number of rotatable bonds is 5. The van der Waals surface area contributed by atoms with Gasteiger partial charge in [0.05, 0.1) is 16.9 Å². The molecule has 1 rings (SSSR count). The van der Waals surface area contributed by atoms with Gasteiger partial charge in [0.25, 0.3) is 0 Å². The quantitative estimate of drug-likeness (QED) is 0.838. The number of carboxylic acids is 1. The van der Waals surface area contributed by atoms with Gasteiger partial charge in [0, 0.05) is 13.6 Å². The van der Waals surface area contributed by atoms with Crippen LogP contribution in [0, 0.1) is 5.82 Å². The fourth-order valence-electron chi connectivity index (χ4n) is 1.44. The van der Waals surface area contributed by atoms with Crippen LogP contribution in [0.5, 0.6) is 0 Å². The number of halogens is 4. The molecule has 10 heteroatoms. The Bertz CT molecular complexity index is 642. The molecule has 0 aliphatic heterocycles. The first-order chi connectivity index (χ1) is 9.46. The SMILES string of the molecule is CN(CCC(=O)O)S(=O)(=O)c1ccc(C(F)(F)F)c(F)c1. The fraction of sp³-hybridized carbons (Fsp3) is 0.364. The minimum absolute atomic E-state index is 0.259. The highest BCUT2D eigenvalue weighted by atomic mass is 32.2. The van der Waals surface area contributed by atoms with E-state index in [2.05, 4.69) is 0 Å². The van der Waals surface area contributed by atoms with Crippen LogP contribution in [-0.4, -0.2) is 37.4 Å². The molecule has 0 aliphatic rings. The Morgan fingerprint density at radius 1 is 1.33 bits per heavy atom. The van der Waals surface area contributed by atoms with Crippen LogP contribution in [0.2, 0.25) is 0 Å². The van der Waals surface area contributed by atoms with Crippen LogP contribution in [0.1, 0.15) is 12.0 Å². The van der Waals surface area contributed by atoms with Gasteiger partial charge in [-0.15, -0.1) is 0 Å². The monoisotopic (exact) mass is 329 g/mol. The Kier molecular flexibility index (Phi) is 4.95. The van der Waals surface area contributed by atoms with Gasteiger partial charge in [-0.3, -0.25) is 4.79 Å². The number of sulfonamides is 1. The van der Waals surface area contributed by atoms with E-state index in [9.17, 15) is 30.8 Å². The van der Waals surface area contributed by atoms with Crippen LogP contribution in [0.15, 0.2) is 23.1 Å². The highest BCUT2D eigenvalue weighted by Crippen LogP contribution is 2.32. The van der Waals surface area contributed by atoms with Crippen molar-refractivity contribution in [3.05, 3.63) is 29.6 Å². The molecule has 0 unspecified atom stereocenters. The average Bonchev–Trinajstić information content (AvgIpc) is 2.33. The smallest absolute Gasteiger partial charge is 0.419 e. The molecule has 0 radical (unpaired) electrons. The number of aliphatic carboxylic acids is 1. The highest BCUT2D eigenvalue weighted by molar-refractivity contribution is 7.89. The number of alkyl halides is 3. The summed E-state index contributed by atoms with van der Waals surface area (Å²) in [4.78, 5) is 9.69. The Labute approximate surface area is 117 Å². The molecule has 0 spiro atoms. The third kappa shape index (κ3) is 4.14. The third-order valence-electron chi connectivity index (χ3n) is 2.59. The van der Waals surface area contributed by atoms with Gasteiger partial charge < -0.3 is 5.11 Å². The van der Waals surface area contributed by atoms with Gasteiger partial charge in [0.15, 0.2) is 0 Å². The van der Waals surface area contributed by atoms with Crippen LogP contribution < -0.4 is 0 Å². The molecule has 5 nitrogen and oxygen atoms in total. The van der Waals surface area contributed by atoms with Crippen LogP contribution in [0.3, 0.4) is 0 Å². The first-order valence-electron chi connectivity index (χ1n) is 5.51. The lowest BCUT2D eigenvalue weighted by Gasteiger charge is -2.17. The van der Waals surface area contributed by atoms with Crippen molar-refractivity contribution in [3.8, 4) is 0 Å². The summed E-state index contributed by atoms with van der Waals surface area (Å²) in [6.45, 7) is -0.389. The number of hydrogen-bond donors (Lipinski definition) is 1. The number of nitrogens with zero attached hydrogens (tertiary/aromatic N) is 1. The molecule has 0 aromatic heterocycles. The second-order valence-corrected chi connectivity index (χ2v) is 6.15. The average molecular weight is 329 g/mol. The zero-order valence-electron chi connectivity index (χ0n) is 10.7. The largest absolute Gasteiger partial charge is 0.481 e. The molecule has 1 aromatic rings. The molecule has 1 aromatic carbocycles. The minimum atomic E-state index is -4.93. The van der Waals surface area contributed by atoms with Crippen molar-refractivity contribution in [2.45, 2.75) is 17.5 Å². The number of benzene rings is 1. The molecule has 1 N–H and O–H groups in total. The summed E-state index contributed by atoms with van der Waals surface area (Å²) in [5, 5.41) is 8.46. The zero-order valence-corrected chi connectivity index (χ0v) is 11.5. The molecule has 0 bridgehead atoms. The van der Waals surface area contributed by atoms with Crippen molar-refractivity contribution in [3.63, 3.8) is 0 Å². The van der Waals surface area contributed by atoms with Gasteiger partial charge in [-0.1, -0.05) is 0 Å². The summed E-state index contributed by atoms with van der Waals surface area (Å²) < 4.78 is 75.0. The van der Waals surface area contributed by atoms with Crippen LogP contribution in [-0.2, 0) is 21.0 Å². The maximum Gasteiger partial charge on any atom is 0.419 e. The van der Waals surface area contributed by atoms with Gasteiger partial charge in [0.1, 0.15) is 5.82 Å². The Morgan fingerprint density at radius 3 is 2.33 bits per heavy atom. The number of hydrogen-bond acceptors (Lipinski definition) is 3. The summed E-state index contributed by atoms with van der Waals surface area (Å²) in [6.07, 6.45) is -5.42. The summed E-state index contributed by atoms with van der Waals surface area (Å²) in [7, 11) is -3.21. The summed E-state index contributed by atoms with van der Waals surface area (Å²) in [6, 6.07) is 1.21. The molecule has 0 amide bonds. The van der Waals surface area contributed by atoms with E-state index in [-0.39, 0.29) is 12.6 Å². The molecular formula is C11H11F4NO4S. The normalized spacial score (nSPS) is 12.7. The standard InChI is InChI=1S/C11H11F4NO4S/c1-16(5-4-10(17)18)21(19,20)7-2-3-8(9(12)6-7)11(13,14)15/h2-3,6H,4-5H2,1H3,(H,17,18). The van der Waals surface area contributed by atoms with Gasteiger partial charge in [0.2, 0.25) is 10.0 Å². The number of carboxylic acid groups (broad SMARTS) is 1. The predicted octanol–water partition coefficient (Wildman–Crippen LogP) is 1.94. The molecular weight excluding hydrogens is 318 g/mol. The van der Waals surface area contributed by atoms with E-state index in [1.54, 1.807) is 0 Å². The Hall–Kier alpha value is -1.68. The van der Waals surface area contributed by atoms with Crippen molar-refractivity contribution >= 4 is 16.0 Å². The Morgan fingerprint density at radius 2 is 1.90 bits per heavy atom. The summed E-state index contributed by atoms with van der Waals surface area (Å²) in [5.74, 6) is -2.95. The van der Waals surface area contributed by atoms with Crippen LogP contribution in [0.25, 0.3) is 0 Å². The van der Waals surface area contributed by atoms with Crippen molar-refractivity contribution in [1.82, 2.24) is 4.31 Å². The maximum atomic E-state index is 13.4. The van der Waals surface area contributed by atoms with Crippen molar-refractivity contribution < 1.29 is 35.9 Å². The van der Waals surface area contributed by atoms with Gasteiger partial charge in [-0.05, 0) is 18.2 Å². The number of carbonyl (C=O) groups is 1. The minimum Gasteiger partial charge on any atom is -0.481 e. The molecule has 0 aliphatic carbocycles. The molecule has 0 saturated carbocycles. The lowest BCUT2D eigenvalue weighted by molar-refractivity contribution is -0.140. The molecule has 0 saturated heterocycles. The van der Waals surface area contributed by atoms with Gasteiger partial charge in [-0.25, -0.2) is 17.1 Å². The van der Waals surface area contributed by atoms with E-state index < -0.39 is 44.9 Å². The van der Waals surface area contributed by atoms with Crippen LogP contribution in [0.4, 0.5) is 17.6 Å². The third-order valence-corrected chi connectivity index (χ3v) is 4.45. The van der Waals surface area contributed by atoms with E-state index >= 15 is 0 Å². The predicted molar refractivity (Wildman–Crippen MR) is 63.5 cm³/mol. The zero-order chi connectivity index (χ0) is 16.4. The van der Waals surface area contributed by atoms with E-state index in [4.69, 9.17) is 5.11 Å². The lowest BCUT2D eigenvalue weighted by Crippen LogP contribution is -2.29. The molecule has 0 heterocycles. The first kappa shape index (κ1) is 17.4. The first-order valence-corrected chi connectivity index (χ1v) is 6.95. The lowest BCUT2D eigenvalue weighted by atomic mass is 10.2. The van der Waals surface area contributed by atoms with Crippen LogP contribution >= 0.6 is 0 Å². The fourth-order valence-corrected chi connectivity index (χ4v) is 2.62. The highest BCUT2D eigenvalue weighted by Gasteiger charge is 2.35. The van der Waals surface area contributed by atoms with E-state index in [1.807, 2.05) is 0 Å². The van der Waals surface area contributed by atoms with E-state index in [0.717, 1.165) is 7.05 Å². The van der Waals surface area contributed by atoms with Crippen molar-refractivity contribution in [2.24, 2.45) is 0 Å². The van der Waals surface area contributed by atoms with Crippen molar-refractivity contribution in [2.75, 3.05) is 13.6 Å². The molecule has 0 atom stereocenters.